The number of nitrogens with two attached hydrogens (primary N) is 1. The summed E-state index contributed by atoms with van der Waals surface area (Å²) in [6.07, 6.45) is 0. The molecule has 0 fully saturated rings. The smallest absolute Gasteiger partial charge is 0.233 e. The molecular weight excluding hydrogens is 272 g/mol. The first kappa shape index (κ1) is 12.9. The Hall–Kier alpha value is -1.56. The summed E-state index contributed by atoms with van der Waals surface area (Å²) >= 11 is 5.74. The minimum Gasteiger partial charge on any atom is -0.233 e. The van der Waals surface area contributed by atoms with Gasteiger partial charge in [-0.1, -0.05) is 29.8 Å². The Labute approximate surface area is 111 Å². The van der Waals surface area contributed by atoms with Gasteiger partial charge in [0.15, 0.2) is 0 Å². The van der Waals surface area contributed by atoms with E-state index in [1.165, 1.54) is 12.1 Å². The Kier molecular flexibility index (Phi) is 3.56. The van der Waals surface area contributed by atoms with Crippen molar-refractivity contribution in [2.24, 2.45) is 5.84 Å². The van der Waals surface area contributed by atoms with Crippen molar-refractivity contribution in [2.75, 3.05) is 4.41 Å². The molecule has 2 rings (SSSR count). The van der Waals surface area contributed by atoms with Gasteiger partial charge < -0.3 is 0 Å². The molecule has 94 valence electrons. The van der Waals surface area contributed by atoms with Crippen molar-refractivity contribution in [3.63, 3.8) is 0 Å². The highest BCUT2D eigenvalue weighted by molar-refractivity contribution is 7.92. The second-order valence-electron chi connectivity index (χ2n) is 3.59. The molecule has 2 aromatic rings. The van der Waals surface area contributed by atoms with Crippen LogP contribution in [0.1, 0.15) is 0 Å². The predicted molar refractivity (Wildman–Crippen MR) is 71.7 cm³/mol. The number of benzene rings is 2. The van der Waals surface area contributed by atoms with E-state index in [4.69, 9.17) is 17.4 Å². The molecular formula is C12H11ClN2O2S. The summed E-state index contributed by atoms with van der Waals surface area (Å²) in [5.74, 6) is 5.66. The summed E-state index contributed by atoms with van der Waals surface area (Å²) < 4.78 is 25.1. The van der Waals surface area contributed by atoms with E-state index in [1.807, 2.05) is 0 Å². The van der Waals surface area contributed by atoms with Crippen LogP contribution in [0.15, 0.2) is 59.5 Å². The van der Waals surface area contributed by atoms with Crippen LogP contribution in [-0.4, -0.2) is 8.42 Å². The molecule has 6 heteroatoms. The molecule has 0 atom stereocenters. The van der Waals surface area contributed by atoms with Gasteiger partial charge in [0.1, 0.15) is 0 Å². The van der Waals surface area contributed by atoms with E-state index >= 15 is 0 Å². The Morgan fingerprint density at radius 1 is 0.944 bits per heavy atom. The molecule has 4 nitrogen and oxygen atoms in total. The molecule has 2 aromatic carbocycles. The lowest BCUT2D eigenvalue weighted by Crippen LogP contribution is -2.37. The zero-order valence-electron chi connectivity index (χ0n) is 9.32. The molecule has 2 N–H and O–H groups in total. The Balaban J connectivity index is 2.39. The quantitative estimate of drug-likeness (QED) is 0.694. The van der Waals surface area contributed by atoms with E-state index < -0.39 is 10.0 Å². The lowest BCUT2D eigenvalue weighted by Gasteiger charge is -2.18. The molecule has 0 bridgehead atoms. The van der Waals surface area contributed by atoms with Crippen LogP contribution >= 0.6 is 11.6 Å². The summed E-state index contributed by atoms with van der Waals surface area (Å²) in [5, 5.41) is 0.518. The Bertz CT molecular complexity index is 627. The highest BCUT2D eigenvalue weighted by Crippen LogP contribution is 2.21. The fourth-order valence-electron chi connectivity index (χ4n) is 1.43. The van der Waals surface area contributed by atoms with Crippen molar-refractivity contribution < 1.29 is 8.42 Å². The summed E-state index contributed by atoms with van der Waals surface area (Å²) in [5.41, 5.74) is 0.350. The number of hydrogen-bond donors (Lipinski definition) is 1. The SMILES string of the molecule is NN(c1ccc(Cl)cc1)S(=O)(=O)c1ccccc1. The van der Waals surface area contributed by atoms with E-state index in [1.54, 1.807) is 42.5 Å². The van der Waals surface area contributed by atoms with Crippen LogP contribution in [0.3, 0.4) is 0 Å². The average Bonchev–Trinajstić information content (AvgIpc) is 2.40. The maximum atomic E-state index is 12.2. The molecule has 0 saturated carbocycles. The Morgan fingerprint density at radius 3 is 2.06 bits per heavy atom. The van der Waals surface area contributed by atoms with Crippen molar-refractivity contribution in [1.82, 2.24) is 0 Å². The highest BCUT2D eigenvalue weighted by atomic mass is 35.5. The van der Waals surface area contributed by atoms with Gasteiger partial charge in [-0.05, 0) is 36.4 Å². The number of rotatable bonds is 3. The average molecular weight is 283 g/mol. The fraction of sp³-hybridized carbons (Fsp3) is 0. The molecule has 0 aliphatic carbocycles. The molecule has 0 aliphatic heterocycles. The van der Waals surface area contributed by atoms with Gasteiger partial charge in [-0.15, -0.1) is 0 Å². The molecule has 0 heterocycles. The van der Waals surface area contributed by atoms with Crippen molar-refractivity contribution >= 4 is 27.3 Å². The maximum Gasteiger partial charge on any atom is 0.277 e. The number of nitrogens with zero attached hydrogens (tertiary/aromatic N) is 1. The second-order valence-corrected chi connectivity index (χ2v) is 5.84. The van der Waals surface area contributed by atoms with Gasteiger partial charge in [-0.2, -0.15) is 8.42 Å². The van der Waals surface area contributed by atoms with E-state index in [9.17, 15) is 8.42 Å². The fourth-order valence-corrected chi connectivity index (χ4v) is 2.69. The first-order valence-electron chi connectivity index (χ1n) is 5.12. The third-order valence-corrected chi connectivity index (χ3v) is 4.23. The van der Waals surface area contributed by atoms with Crippen LogP contribution in [0.2, 0.25) is 5.02 Å². The summed E-state index contributed by atoms with van der Waals surface area (Å²) in [6, 6.07) is 14.3. The zero-order valence-corrected chi connectivity index (χ0v) is 10.9. The van der Waals surface area contributed by atoms with Gasteiger partial charge >= 0.3 is 0 Å². The number of hydrazine groups is 1. The van der Waals surface area contributed by atoms with Crippen molar-refractivity contribution in [3.05, 3.63) is 59.6 Å². The van der Waals surface area contributed by atoms with Gasteiger partial charge in [-0.25, -0.2) is 10.3 Å². The topological polar surface area (TPSA) is 63.4 Å². The van der Waals surface area contributed by atoms with Crippen molar-refractivity contribution in [2.45, 2.75) is 4.90 Å². The number of anilines is 1. The lowest BCUT2D eigenvalue weighted by atomic mass is 10.3. The monoisotopic (exact) mass is 282 g/mol. The highest BCUT2D eigenvalue weighted by Gasteiger charge is 2.21. The number of hydrogen-bond acceptors (Lipinski definition) is 3. The van der Waals surface area contributed by atoms with Crippen LogP contribution < -0.4 is 10.3 Å². The number of halogens is 1. The van der Waals surface area contributed by atoms with E-state index in [0.29, 0.717) is 10.7 Å². The summed E-state index contributed by atoms with van der Waals surface area (Å²) in [7, 11) is -3.74. The zero-order chi connectivity index (χ0) is 13.2. The maximum absolute atomic E-state index is 12.2. The van der Waals surface area contributed by atoms with Gasteiger partial charge in [0.05, 0.1) is 10.6 Å². The van der Waals surface area contributed by atoms with Crippen LogP contribution in [0.5, 0.6) is 0 Å². The number of sulfonamides is 1. The molecule has 0 aromatic heterocycles. The van der Waals surface area contributed by atoms with Gasteiger partial charge in [-0.3, -0.25) is 0 Å². The molecule has 0 aliphatic rings. The van der Waals surface area contributed by atoms with Gasteiger partial charge in [0.25, 0.3) is 10.0 Å². The lowest BCUT2D eigenvalue weighted by molar-refractivity contribution is 0.592. The van der Waals surface area contributed by atoms with Crippen LogP contribution in [0, 0.1) is 0 Å². The normalized spacial score (nSPS) is 11.2. The molecule has 0 amide bonds. The summed E-state index contributed by atoms with van der Waals surface area (Å²) in [6.45, 7) is 0. The standard InChI is InChI=1S/C12H11ClN2O2S/c13-10-6-8-11(9-7-10)15(14)18(16,17)12-4-2-1-3-5-12/h1-9H,14H2. The molecule has 18 heavy (non-hydrogen) atoms. The molecule has 0 unspecified atom stereocenters. The first-order chi connectivity index (χ1) is 8.51. The van der Waals surface area contributed by atoms with Gasteiger partial charge in [0.2, 0.25) is 0 Å². The summed E-state index contributed by atoms with van der Waals surface area (Å²) in [4.78, 5) is 0.141. The van der Waals surface area contributed by atoms with Crippen LogP contribution in [0.25, 0.3) is 0 Å². The second kappa shape index (κ2) is 4.97. The molecule has 0 saturated heterocycles. The minimum absolute atomic E-state index is 0.141. The first-order valence-corrected chi connectivity index (χ1v) is 6.94. The van der Waals surface area contributed by atoms with Crippen molar-refractivity contribution in [3.8, 4) is 0 Å². The Morgan fingerprint density at radius 2 is 1.50 bits per heavy atom. The predicted octanol–water partition coefficient (Wildman–Crippen LogP) is 2.41. The molecule has 0 radical (unpaired) electrons. The van der Waals surface area contributed by atoms with E-state index in [-0.39, 0.29) is 4.90 Å². The molecule has 0 spiro atoms. The third kappa shape index (κ3) is 2.48. The van der Waals surface area contributed by atoms with Crippen LogP contribution in [-0.2, 0) is 10.0 Å². The minimum atomic E-state index is -3.74. The van der Waals surface area contributed by atoms with E-state index in [0.717, 1.165) is 4.41 Å². The van der Waals surface area contributed by atoms with Crippen LogP contribution in [0.4, 0.5) is 5.69 Å². The van der Waals surface area contributed by atoms with E-state index in [2.05, 4.69) is 0 Å². The van der Waals surface area contributed by atoms with Crippen molar-refractivity contribution in [1.29, 1.82) is 0 Å². The third-order valence-electron chi connectivity index (χ3n) is 2.38. The van der Waals surface area contributed by atoms with Gasteiger partial charge in [0, 0.05) is 5.02 Å². The largest absolute Gasteiger partial charge is 0.277 e.